The van der Waals surface area contributed by atoms with E-state index in [1.165, 1.54) is 28.0 Å². The van der Waals surface area contributed by atoms with E-state index in [9.17, 15) is 0 Å². The average molecular weight is 340 g/mol. The van der Waals surface area contributed by atoms with Gasteiger partial charge in [-0.25, -0.2) is 0 Å². The highest BCUT2D eigenvalue weighted by Gasteiger charge is 2.11. The first kappa shape index (κ1) is 16.6. The van der Waals surface area contributed by atoms with E-state index in [0.717, 1.165) is 26.2 Å². The molecular weight excluding hydrogens is 316 g/mol. The van der Waals surface area contributed by atoms with Gasteiger partial charge >= 0.3 is 0 Å². The van der Waals surface area contributed by atoms with Crippen molar-refractivity contribution in [2.75, 3.05) is 18.0 Å². The Balaban J connectivity index is 1.59. The maximum Gasteiger partial charge on any atom is 0.0433 e. The standard InChI is InChI=1S/C24H24N2/c1-3-7-20(8-4-1)18-26(19-21-9-5-2-6-10-21)24-13-11-22(12-14-24)23-15-16-25-17-23/h1-15,25H,16-19H2. The first-order valence-corrected chi connectivity index (χ1v) is 9.21. The zero-order valence-electron chi connectivity index (χ0n) is 14.9. The lowest BCUT2D eigenvalue weighted by Crippen LogP contribution is -2.22. The Morgan fingerprint density at radius 3 is 1.77 bits per heavy atom. The van der Waals surface area contributed by atoms with E-state index in [-0.39, 0.29) is 0 Å². The Morgan fingerprint density at radius 1 is 0.692 bits per heavy atom. The summed E-state index contributed by atoms with van der Waals surface area (Å²) in [5, 5.41) is 3.37. The van der Waals surface area contributed by atoms with Crippen LogP contribution in [-0.2, 0) is 13.1 Å². The van der Waals surface area contributed by atoms with Gasteiger partial charge in [0.05, 0.1) is 0 Å². The summed E-state index contributed by atoms with van der Waals surface area (Å²) in [6.07, 6.45) is 2.28. The number of benzene rings is 3. The van der Waals surface area contributed by atoms with Gasteiger partial charge in [0.15, 0.2) is 0 Å². The number of hydrogen-bond acceptors (Lipinski definition) is 2. The van der Waals surface area contributed by atoms with Gasteiger partial charge in [0.1, 0.15) is 0 Å². The second-order valence-corrected chi connectivity index (χ2v) is 6.73. The maximum absolute atomic E-state index is 3.37. The Kier molecular flexibility index (Phi) is 5.13. The van der Waals surface area contributed by atoms with Crippen LogP contribution in [-0.4, -0.2) is 13.1 Å². The molecule has 2 heteroatoms. The zero-order chi connectivity index (χ0) is 17.6. The number of anilines is 1. The molecule has 0 bridgehead atoms. The summed E-state index contributed by atoms with van der Waals surface area (Å²) in [6.45, 7) is 3.75. The van der Waals surface area contributed by atoms with Crippen molar-refractivity contribution in [1.82, 2.24) is 5.32 Å². The van der Waals surface area contributed by atoms with Crippen molar-refractivity contribution >= 4 is 11.3 Å². The van der Waals surface area contributed by atoms with Crippen molar-refractivity contribution < 1.29 is 0 Å². The van der Waals surface area contributed by atoms with E-state index in [4.69, 9.17) is 0 Å². The summed E-state index contributed by atoms with van der Waals surface area (Å²) in [6, 6.07) is 30.4. The number of nitrogens with zero attached hydrogens (tertiary/aromatic N) is 1. The normalized spacial score (nSPS) is 13.5. The lowest BCUT2D eigenvalue weighted by molar-refractivity contribution is 0.800. The lowest BCUT2D eigenvalue weighted by atomic mass is 10.1. The first-order valence-electron chi connectivity index (χ1n) is 9.21. The Morgan fingerprint density at radius 2 is 1.27 bits per heavy atom. The van der Waals surface area contributed by atoms with Crippen molar-refractivity contribution in [1.29, 1.82) is 0 Å². The summed E-state index contributed by atoms with van der Waals surface area (Å²) < 4.78 is 0. The molecular formula is C24H24N2. The monoisotopic (exact) mass is 340 g/mol. The molecule has 0 fully saturated rings. The molecule has 0 unspecified atom stereocenters. The summed E-state index contributed by atoms with van der Waals surface area (Å²) >= 11 is 0. The van der Waals surface area contributed by atoms with Gasteiger partial charge in [0.2, 0.25) is 0 Å². The van der Waals surface area contributed by atoms with E-state index < -0.39 is 0 Å². The predicted octanol–water partition coefficient (Wildman–Crippen LogP) is 4.88. The van der Waals surface area contributed by atoms with Crippen LogP contribution in [0.4, 0.5) is 5.69 Å². The van der Waals surface area contributed by atoms with E-state index >= 15 is 0 Å². The third kappa shape index (κ3) is 4.04. The van der Waals surface area contributed by atoms with Crippen molar-refractivity contribution in [3.63, 3.8) is 0 Å². The molecule has 0 radical (unpaired) electrons. The first-order chi connectivity index (χ1) is 12.9. The molecule has 1 aliphatic rings. The van der Waals surface area contributed by atoms with Crippen molar-refractivity contribution in [3.05, 3.63) is 108 Å². The largest absolute Gasteiger partial charge is 0.363 e. The molecule has 0 saturated carbocycles. The fourth-order valence-corrected chi connectivity index (χ4v) is 3.43. The predicted molar refractivity (Wildman–Crippen MR) is 110 cm³/mol. The summed E-state index contributed by atoms with van der Waals surface area (Å²) in [7, 11) is 0. The van der Waals surface area contributed by atoms with Crippen LogP contribution in [0.5, 0.6) is 0 Å². The lowest BCUT2D eigenvalue weighted by Gasteiger charge is -2.25. The van der Waals surface area contributed by atoms with Gasteiger partial charge < -0.3 is 10.2 Å². The van der Waals surface area contributed by atoms with E-state index in [1.54, 1.807) is 0 Å². The number of nitrogens with one attached hydrogen (secondary N) is 1. The van der Waals surface area contributed by atoms with Gasteiger partial charge in [-0.15, -0.1) is 0 Å². The third-order valence-electron chi connectivity index (χ3n) is 4.84. The van der Waals surface area contributed by atoms with Gasteiger partial charge in [-0.3, -0.25) is 0 Å². The van der Waals surface area contributed by atoms with Crippen LogP contribution in [0.25, 0.3) is 5.57 Å². The van der Waals surface area contributed by atoms with Crippen LogP contribution in [0.3, 0.4) is 0 Å². The SMILES string of the molecule is C1=C(c2ccc(N(Cc3ccccc3)Cc3ccccc3)cc2)CNC1. The van der Waals surface area contributed by atoms with Crippen LogP contribution in [0.15, 0.2) is 91.0 Å². The van der Waals surface area contributed by atoms with Gasteiger partial charge in [0.25, 0.3) is 0 Å². The maximum atomic E-state index is 3.37. The van der Waals surface area contributed by atoms with Crippen LogP contribution >= 0.6 is 0 Å². The average Bonchev–Trinajstić information content (AvgIpc) is 3.24. The molecule has 2 nitrogen and oxygen atoms in total. The summed E-state index contributed by atoms with van der Waals surface area (Å²) in [5.74, 6) is 0. The van der Waals surface area contributed by atoms with Gasteiger partial charge in [-0.05, 0) is 34.4 Å². The third-order valence-corrected chi connectivity index (χ3v) is 4.84. The Bertz CT molecular complexity index is 810. The summed E-state index contributed by atoms with van der Waals surface area (Å²) in [5.41, 5.74) is 6.63. The fraction of sp³-hybridized carbons (Fsp3) is 0.167. The highest BCUT2D eigenvalue weighted by molar-refractivity contribution is 5.70. The highest BCUT2D eigenvalue weighted by atomic mass is 15.1. The van der Waals surface area contributed by atoms with Gasteiger partial charge in [-0.1, -0.05) is 78.9 Å². The Labute approximate surface area is 155 Å². The quantitative estimate of drug-likeness (QED) is 0.688. The van der Waals surface area contributed by atoms with E-state index in [1.807, 2.05) is 0 Å². The molecule has 0 aromatic heterocycles. The molecule has 0 aliphatic carbocycles. The van der Waals surface area contributed by atoms with Crippen molar-refractivity contribution in [2.24, 2.45) is 0 Å². The molecule has 0 saturated heterocycles. The van der Waals surface area contributed by atoms with Crippen LogP contribution < -0.4 is 10.2 Å². The van der Waals surface area contributed by atoms with Gasteiger partial charge in [0, 0.05) is 31.9 Å². The molecule has 0 atom stereocenters. The second-order valence-electron chi connectivity index (χ2n) is 6.73. The highest BCUT2D eigenvalue weighted by Crippen LogP contribution is 2.24. The fourth-order valence-electron chi connectivity index (χ4n) is 3.43. The molecule has 4 rings (SSSR count). The minimum Gasteiger partial charge on any atom is -0.363 e. The second kappa shape index (κ2) is 8.03. The minimum atomic E-state index is 0.902. The summed E-state index contributed by atoms with van der Waals surface area (Å²) in [4.78, 5) is 2.44. The van der Waals surface area contributed by atoms with E-state index in [2.05, 4.69) is 101 Å². The number of rotatable bonds is 6. The van der Waals surface area contributed by atoms with Crippen molar-refractivity contribution in [3.8, 4) is 0 Å². The van der Waals surface area contributed by atoms with Gasteiger partial charge in [-0.2, -0.15) is 0 Å². The van der Waals surface area contributed by atoms with E-state index in [0.29, 0.717) is 0 Å². The molecule has 0 amide bonds. The van der Waals surface area contributed by atoms with Crippen LogP contribution in [0, 0.1) is 0 Å². The molecule has 1 aliphatic heterocycles. The topological polar surface area (TPSA) is 15.3 Å². The smallest absolute Gasteiger partial charge is 0.0433 e. The minimum absolute atomic E-state index is 0.902. The van der Waals surface area contributed by atoms with Crippen molar-refractivity contribution in [2.45, 2.75) is 13.1 Å². The number of hydrogen-bond donors (Lipinski definition) is 1. The molecule has 3 aromatic rings. The van der Waals surface area contributed by atoms with Crippen LogP contribution in [0.2, 0.25) is 0 Å². The molecule has 1 heterocycles. The molecule has 3 aromatic carbocycles. The molecule has 130 valence electrons. The zero-order valence-corrected chi connectivity index (χ0v) is 14.9. The Hall–Kier alpha value is -2.84. The molecule has 0 spiro atoms. The molecule has 26 heavy (non-hydrogen) atoms. The molecule has 1 N–H and O–H groups in total. The van der Waals surface area contributed by atoms with Crippen LogP contribution in [0.1, 0.15) is 16.7 Å².